The van der Waals surface area contributed by atoms with Crippen LogP contribution in [0.3, 0.4) is 0 Å². The number of fused-ring (bicyclic) bond motifs is 1. The van der Waals surface area contributed by atoms with E-state index in [4.69, 9.17) is 9.84 Å². The summed E-state index contributed by atoms with van der Waals surface area (Å²) in [4.78, 5) is 0.891. The van der Waals surface area contributed by atoms with Gasteiger partial charge in [-0.3, -0.25) is 0 Å². The van der Waals surface area contributed by atoms with E-state index in [-0.39, 0.29) is 11.5 Å². The minimum atomic E-state index is 0.0617. The van der Waals surface area contributed by atoms with E-state index >= 15 is 0 Å². The highest BCUT2D eigenvalue weighted by Gasteiger charge is 2.42. The van der Waals surface area contributed by atoms with E-state index in [0.717, 1.165) is 49.7 Å². The molecule has 0 saturated carbocycles. The fourth-order valence-corrected chi connectivity index (χ4v) is 4.66. The summed E-state index contributed by atoms with van der Waals surface area (Å²) >= 11 is 1.68. The molecule has 2 unspecified atom stereocenters. The summed E-state index contributed by atoms with van der Waals surface area (Å²) in [6.45, 7) is 7.46. The zero-order valence-electron chi connectivity index (χ0n) is 12.5. The fourth-order valence-electron chi connectivity index (χ4n) is 3.45. The van der Waals surface area contributed by atoms with Crippen LogP contribution in [0.1, 0.15) is 50.0 Å². The standard InChI is InChI=1S/C14H21N5OS/c1-9(2)14(5-6-15-8-14)12-18-19-11(10-4-3-7-20-10)16-17-13(19)21-12/h9-10,15H,3-8H2,1-2H3. The van der Waals surface area contributed by atoms with Crippen molar-refractivity contribution in [2.45, 2.75) is 44.6 Å². The Labute approximate surface area is 127 Å². The normalized spacial score (nSPS) is 30.0. The molecule has 2 saturated heterocycles. The molecule has 2 aliphatic heterocycles. The summed E-state index contributed by atoms with van der Waals surface area (Å²) in [6.07, 6.45) is 3.32. The molecule has 0 radical (unpaired) electrons. The lowest BCUT2D eigenvalue weighted by molar-refractivity contribution is 0.103. The van der Waals surface area contributed by atoms with Crippen LogP contribution in [-0.4, -0.2) is 39.5 Å². The van der Waals surface area contributed by atoms with Crippen LogP contribution in [0.15, 0.2) is 0 Å². The monoisotopic (exact) mass is 307 g/mol. The molecular weight excluding hydrogens is 286 g/mol. The second-order valence-corrected chi connectivity index (χ2v) is 7.36. The number of hydrogen-bond donors (Lipinski definition) is 1. The Hall–Kier alpha value is -1.05. The molecule has 21 heavy (non-hydrogen) atoms. The van der Waals surface area contributed by atoms with E-state index in [1.165, 1.54) is 5.01 Å². The SMILES string of the molecule is CC(C)C1(c2nn3c(C4CCCO4)nnc3s2)CCNC1. The predicted octanol–water partition coefficient (Wildman–Crippen LogP) is 1.92. The van der Waals surface area contributed by atoms with E-state index in [1.54, 1.807) is 11.3 Å². The van der Waals surface area contributed by atoms with E-state index in [1.807, 2.05) is 4.52 Å². The Kier molecular flexibility index (Phi) is 3.24. The van der Waals surface area contributed by atoms with Gasteiger partial charge < -0.3 is 10.1 Å². The number of aromatic nitrogens is 4. The third-order valence-corrected chi connectivity index (χ3v) is 6.07. The number of hydrogen-bond acceptors (Lipinski definition) is 6. The Morgan fingerprint density at radius 3 is 3.00 bits per heavy atom. The van der Waals surface area contributed by atoms with Gasteiger partial charge in [0.25, 0.3) is 0 Å². The molecule has 2 aliphatic rings. The van der Waals surface area contributed by atoms with Crippen molar-refractivity contribution in [2.75, 3.05) is 19.7 Å². The largest absolute Gasteiger partial charge is 0.370 e. The van der Waals surface area contributed by atoms with Crippen molar-refractivity contribution in [2.24, 2.45) is 5.92 Å². The predicted molar refractivity (Wildman–Crippen MR) is 80.6 cm³/mol. The van der Waals surface area contributed by atoms with Gasteiger partial charge in [0.15, 0.2) is 5.82 Å². The Morgan fingerprint density at radius 1 is 1.43 bits per heavy atom. The van der Waals surface area contributed by atoms with Gasteiger partial charge in [-0.15, -0.1) is 10.2 Å². The van der Waals surface area contributed by atoms with Crippen molar-refractivity contribution in [1.29, 1.82) is 0 Å². The molecule has 4 rings (SSSR count). The first-order valence-electron chi connectivity index (χ1n) is 7.76. The third kappa shape index (κ3) is 2.02. The Morgan fingerprint density at radius 2 is 2.33 bits per heavy atom. The van der Waals surface area contributed by atoms with Gasteiger partial charge in [-0.25, -0.2) is 0 Å². The van der Waals surface area contributed by atoms with Gasteiger partial charge in [-0.1, -0.05) is 25.2 Å². The number of rotatable bonds is 3. The molecular formula is C14H21N5OS. The van der Waals surface area contributed by atoms with Crippen molar-refractivity contribution in [3.05, 3.63) is 10.8 Å². The molecule has 7 heteroatoms. The molecule has 0 aliphatic carbocycles. The second-order valence-electron chi connectivity index (χ2n) is 6.40. The van der Waals surface area contributed by atoms with Gasteiger partial charge in [0.05, 0.1) is 0 Å². The smallest absolute Gasteiger partial charge is 0.234 e. The zero-order chi connectivity index (χ0) is 14.4. The van der Waals surface area contributed by atoms with Crippen LogP contribution in [0.5, 0.6) is 0 Å². The van der Waals surface area contributed by atoms with E-state index in [9.17, 15) is 0 Å². The lowest BCUT2D eigenvalue weighted by Crippen LogP contribution is -2.34. The first kappa shape index (κ1) is 13.6. The maximum Gasteiger partial charge on any atom is 0.234 e. The highest BCUT2D eigenvalue weighted by Crippen LogP contribution is 2.40. The first-order valence-corrected chi connectivity index (χ1v) is 8.57. The van der Waals surface area contributed by atoms with Gasteiger partial charge in [-0.05, 0) is 31.7 Å². The van der Waals surface area contributed by atoms with Gasteiger partial charge in [0, 0.05) is 18.6 Å². The summed E-state index contributed by atoms with van der Waals surface area (Å²) in [5.41, 5.74) is 0.138. The third-order valence-electron chi connectivity index (χ3n) is 4.95. The van der Waals surface area contributed by atoms with E-state index < -0.39 is 0 Å². The average molecular weight is 307 g/mol. The molecule has 1 N–H and O–H groups in total. The van der Waals surface area contributed by atoms with Crippen molar-refractivity contribution in [3.8, 4) is 0 Å². The summed E-state index contributed by atoms with van der Waals surface area (Å²) < 4.78 is 7.66. The molecule has 4 heterocycles. The summed E-state index contributed by atoms with van der Waals surface area (Å²) in [5, 5.41) is 18.2. The van der Waals surface area contributed by atoms with E-state index in [2.05, 4.69) is 29.4 Å². The topological polar surface area (TPSA) is 64.3 Å². The number of nitrogens with zero attached hydrogens (tertiary/aromatic N) is 4. The quantitative estimate of drug-likeness (QED) is 0.938. The molecule has 2 aromatic rings. The molecule has 6 nitrogen and oxygen atoms in total. The van der Waals surface area contributed by atoms with Crippen LogP contribution in [0.25, 0.3) is 4.96 Å². The van der Waals surface area contributed by atoms with Crippen LogP contribution in [0.4, 0.5) is 0 Å². The van der Waals surface area contributed by atoms with Crippen molar-refractivity contribution < 1.29 is 4.74 Å². The summed E-state index contributed by atoms with van der Waals surface area (Å²) in [5.74, 6) is 1.43. The number of ether oxygens (including phenoxy) is 1. The van der Waals surface area contributed by atoms with Crippen LogP contribution in [0, 0.1) is 5.92 Å². The maximum atomic E-state index is 5.74. The lowest BCUT2D eigenvalue weighted by atomic mass is 9.77. The van der Waals surface area contributed by atoms with Gasteiger partial charge in [0.1, 0.15) is 11.1 Å². The Bertz CT molecular complexity index is 637. The second kappa shape index (κ2) is 5.00. The maximum absolute atomic E-state index is 5.74. The van der Waals surface area contributed by atoms with Gasteiger partial charge >= 0.3 is 0 Å². The average Bonchev–Trinajstić information content (AvgIpc) is 3.21. The summed E-state index contributed by atoms with van der Waals surface area (Å²) in [6, 6.07) is 0. The minimum Gasteiger partial charge on any atom is -0.370 e. The van der Waals surface area contributed by atoms with Crippen LogP contribution < -0.4 is 5.32 Å². The first-order chi connectivity index (χ1) is 10.2. The molecule has 114 valence electrons. The summed E-state index contributed by atoms with van der Waals surface area (Å²) in [7, 11) is 0. The van der Waals surface area contributed by atoms with Crippen LogP contribution in [0.2, 0.25) is 0 Å². The van der Waals surface area contributed by atoms with Gasteiger partial charge in [-0.2, -0.15) is 9.61 Å². The van der Waals surface area contributed by atoms with Crippen molar-refractivity contribution in [1.82, 2.24) is 25.1 Å². The lowest BCUT2D eigenvalue weighted by Gasteiger charge is -2.29. The van der Waals surface area contributed by atoms with Crippen LogP contribution >= 0.6 is 11.3 Å². The fraction of sp³-hybridized carbons (Fsp3) is 0.786. The molecule has 0 aromatic carbocycles. The van der Waals surface area contributed by atoms with Crippen molar-refractivity contribution in [3.63, 3.8) is 0 Å². The minimum absolute atomic E-state index is 0.0617. The molecule has 2 atom stereocenters. The van der Waals surface area contributed by atoms with Crippen LogP contribution in [-0.2, 0) is 10.2 Å². The number of nitrogens with one attached hydrogen (secondary N) is 1. The highest BCUT2D eigenvalue weighted by molar-refractivity contribution is 7.16. The zero-order valence-corrected chi connectivity index (χ0v) is 13.3. The van der Waals surface area contributed by atoms with E-state index in [0.29, 0.717) is 5.92 Å². The molecule has 0 spiro atoms. The van der Waals surface area contributed by atoms with Crippen molar-refractivity contribution >= 4 is 16.3 Å². The van der Waals surface area contributed by atoms with Gasteiger partial charge in [0.2, 0.25) is 4.96 Å². The highest BCUT2D eigenvalue weighted by atomic mass is 32.1. The Balaban J connectivity index is 1.77. The molecule has 0 bridgehead atoms. The molecule has 2 aromatic heterocycles. The molecule has 0 amide bonds. The molecule has 2 fully saturated rings.